The predicted molar refractivity (Wildman–Crippen MR) is 71.3 cm³/mol. The summed E-state index contributed by atoms with van der Waals surface area (Å²) >= 11 is 0. The van der Waals surface area contributed by atoms with Gasteiger partial charge in [-0.15, -0.1) is 0 Å². The Morgan fingerprint density at radius 3 is 2.72 bits per heavy atom. The van der Waals surface area contributed by atoms with Gasteiger partial charge < -0.3 is 9.40 Å². The van der Waals surface area contributed by atoms with Crippen molar-refractivity contribution in [2.45, 2.75) is 0 Å². The summed E-state index contributed by atoms with van der Waals surface area (Å²) in [6, 6.07) is 14.2. The van der Waals surface area contributed by atoms with Gasteiger partial charge in [-0.25, -0.2) is 4.98 Å². The van der Waals surface area contributed by atoms with E-state index in [1.807, 2.05) is 36.5 Å². The van der Waals surface area contributed by atoms with Crippen LogP contribution in [-0.4, -0.2) is 9.97 Å². The molecule has 4 aromatic rings. The van der Waals surface area contributed by atoms with E-state index < -0.39 is 0 Å². The molecule has 2 heterocycles. The second-order valence-corrected chi connectivity index (χ2v) is 4.24. The highest BCUT2D eigenvalue weighted by Gasteiger charge is 2.11. The number of fused-ring (bicyclic) bond motifs is 3. The molecule has 3 nitrogen and oxygen atoms in total. The van der Waals surface area contributed by atoms with Gasteiger partial charge in [-0.05, 0) is 12.1 Å². The van der Waals surface area contributed by atoms with Crippen LogP contribution in [0.25, 0.3) is 33.2 Å². The Kier molecular flexibility index (Phi) is 1.83. The van der Waals surface area contributed by atoms with Crippen molar-refractivity contribution in [2.24, 2.45) is 0 Å². The van der Waals surface area contributed by atoms with Crippen LogP contribution in [0.2, 0.25) is 0 Å². The normalized spacial score (nSPS) is 11.3. The zero-order chi connectivity index (χ0) is 11.9. The molecule has 3 heteroatoms. The lowest BCUT2D eigenvalue weighted by atomic mass is 10.0. The van der Waals surface area contributed by atoms with Crippen molar-refractivity contribution < 1.29 is 4.42 Å². The summed E-state index contributed by atoms with van der Waals surface area (Å²) in [6.07, 6.45) is 3.52. The lowest BCUT2D eigenvalue weighted by Crippen LogP contribution is -1.78. The molecule has 0 saturated carbocycles. The summed E-state index contributed by atoms with van der Waals surface area (Å²) < 4.78 is 5.86. The third-order valence-corrected chi connectivity index (χ3v) is 3.19. The van der Waals surface area contributed by atoms with Gasteiger partial charge in [0.2, 0.25) is 0 Å². The van der Waals surface area contributed by atoms with E-state index in [4.69, 9.17) is 4.42 Å². The minimum Gasteiger partial charge on any atom is -0.456 e. The Morgan fingerprint density at radius 2 is 1.83 bits per heavy atom. The van der Waals surface area contributed by atoms with E-state index in [9.17, 15) is 0 Å². The van der Waals surface area contributed by atoms with E-state index in [2.05, 4.69) is 22.1 Å². The molecule has 0 amide bonds. The lowest BCUT2D eigenvalue weighted by molar-refractivity contribution is 0.669. The third kappa shape index (κ3) is 1.21. The van der Waals surface area contributed by atoms with Crippen molar-refractivity contribution in [3.63, 3.8) is 0 Å². The van der Waals surface area contributed by atoms with Gasteiger partial charge in [-0.1, -0.05) is 30.3 Å². The van der Waals surface area contributed by atoms with Crippen LogP contribution in [-0.2, 0) is 0 Å². The predicted octanol–water partition coefficient (Wildman–Crippen LogP) is 3.98. The molecule has 0 saturated heterocycles. The molecule has 0 aliphatic heterocycles. The van der Waals surface area contributed by atoms with Crippen LogP contribution in [0.1, 0.15) is 0 Å². The SMILES string of the molecule is c1ccc2c(c1)oc1cccc(-c3cnc[nH]3)c12. The van der Waals surface area contributed by atoms with Crippen LogP contribution in [0.15, 0.2) is 59.4 Å². The molecule has 0 spiro atoms. The largest absolute Gasteiger partial charge is 0.456 e. The van der Waals surface area contributed by atoms with E-state index >= 15 is 0 Å². The zero-order valence-corrected chi connectivity index (χ0v) is 9.55. The number of H-pyrrole nitrogens is 1. The summed E-state index contributed by atoms with van der Waals surface area (Å²) in [5.74, 6) is 0. The number of imidazole rings is 1. The van der Waals surface area contributed by atoms with Crippen molar-refractivity contribution in [1.29, 1.82) is 0 Å². The molecule has 2 aromatic heterocycles. The van der Waals surface area contributed by atoms with Gasteiger partial charge in [0.05, 0.1) is 18.2 Å². The van der Waals surface area contributed by atoms with Gasteiger partial charge in [-0.2, -0.15) is 0 Å². The van der Waals surface area contributed by atoms with Crippen molar-refractivity contribution in [1.82, 2.24) is 9.97 Å². The number of hydrogen-bond acceptors (Lipinski definition) is 2. The summed E-state index contributed by atoms with van der Waals surface area (Å²) in [5, 5.41) is 2.27. The Labute approximate surface area is 103 Å². The Hall–Kier alpha value is -2.55. The smallest absolute Gasteiger partial charge is 0.136 e. The third-order valence-electron chi connectivity index (χ3n) is 3.19. The first-order chi connectivity index (χ1) is 8.93. The first-order valence-corrected chi connectivity index (χ1v) is 5.82. The van der Waals surface area contributed by atoms with Crippen molar-refractivity contribution in [2.75, 3.05) is 0 Å². The topological polar surface area (TPSA) is 41.8 Å². The molecule has 0 atom stereocenters. The second kappa shape index (κ2) is 3.47. The molecule has 0 aliphatic carbocycles. The maximum Gasteiger partial charge on any atom is 0.136 e. The number of nitrogens with zero attached hydrogens (tertiary/aromatic N) is 1. The molecule has 1 N–H and O–H groups in total. The second-order valence-electron chi connectivity index (χ2n) is 4.24. The van der Waals surface area contributed by atoms with Crippen LogP contribution in [0.3, 0.4) is 0 Å². The molecular weight excluding hydrogens is 224 g/mol. The Balaban J connectivity index is 2.21. The van der Waals surface area contributed by atoms with Crippen molar-refractivity contribution >= 4 is 21.9 Å². The van der Waals surface area contributed by atoms with Crippen LogP contribution in [0.5, 0.6) is 0 Å². The van der Waals surface area contributed by atoms with Crippen LogP contribution in [0.4, 0.5) is 0 Å². The molecule has 86 valence electrons. The first-order valence-electron chi connectivity index (χ1n) is 5.82. The summed E-state index contributed by atoms with van der Waals surface area (Å²) in [5.41, 5.74) is 3.95. The fourth-order valence-corrected chi connectivity index (χ4v) is 2.40. The molecule has 0 aliphatic rings. The average Bonchev–Trinajstić information content (AvgIpc) is 3.05. The molecule has 0 bridgehead atoms. The molecular formula is C15H10N2O. The fraction of sp³-hybridized carbons (Fsp3) is 0. The number of rotatable bonds is 1. The summed E-state index contributed by atoms with van der Waals surface area (Å²) in [7, 11) is 0. The van der Waals surface area contributed by atoms with E-state index in [0.717, 1.165) is 33.2 Å². The highest BCUT2D eigenvalue weighted by molar-refractivity contribution is 6.11. The van der Waals surface area contributed by atoms with E-state index in [1.54, 1.807) is 6.33 Å². The van der Waals surface area contributed by atoms with Crippen LogP contribution < -0.4 is 0 Å². The van der Waals surface area contributed by atoms with Crippen molar-refractivity contribution in [3.05, 3.63) is 55.0 Å². The Morgan fingerprint density at radius 1 is 0.944 bits per heavy atom. The van der Waals surface area contributed by atoms with Gasteiger partial charge in [0.25, 0.3) is 0 Å². The number of nitrogens with one attached hydrogen (secondary N) is 1. The number of benzene rings is 2. The maximum atomic E-state index is 5.86. The number of para-hydroxylation sites is 1. The van der Waals surface area contributed by atoms with Crippen LogP contribution >= 0.6 is 0 Å². The van der Waals surface area contributed by atoms with Gasteiger partial charge in [-0.3, -0.25) is 0 Å². The van der Waals surface area contributed by atoms with E-state index in [1.165, 1.54) is 0 Å². The first kappa shape index (κ1) is 9.48. The molecule has 0 radical (unpaired) electrons. The maximum absolute atomic E-state index is 5.86. The van der Waals surface area contributed by atoms with Gasteiger partial charge >= 0.3 is 0 Å². The summed E-state index contributed by atoms with van der Waals surface area (Å²) in [6.45, 7) is 0. The molecule has 0 fully saturated rings. The zero-order valence-electron chi connectivity index (χ0n) is 9.55. The summed E-state index contributed by atoms with van der Waals surface area (Å²) in [4.78, 5) is 7.23. The van der Waals surface area contributed by atoms with Gasteiger partial charge in [0.15, 0.2) is 0 Å². The Bertz CT molecular complexity index is 828. The molecule has 2 aromatic carbocycles. The quantitative estimate of drug-likeness (QED) is 0.541. The molecule has 4 rings (SSSR count). The average molecular weight is 234 g/mol. The van der Waals surface area contributed by atoms with Gasteiger partial charge in [0, 0.05) is 16.3 Å². The lowest BCUT2D eigenvalue weighted by Gasteiger charge is -1.99. The highest BCUT2D eigenvalue weighted by Crippen LogP contribution is 2.35. The fourth-order valence-electron chi connectivity index (χ4n) is 2.40. The minimum absolute atomic E-state index is 0.906. The highest BCUT2D eigenvalue weighted by atomic mass is 16.3. The van der Waals surface area contributed by atoms with E-state index in [0.29, 0.717) is 0 Å². The molecule has 0 unspecified atom stereocenters. The molecule has 18 heavy (non-hydrogen) atoms. The minimum atomic E-state index is 0.906. The number of aromatic amines is 1. The van der Waals surface area contributed by atoms with Gasteiger partial charge in [0.1, 0.15) is 11.2 Å². The number of aromatic nitrogens is 2. The number of furan rings is 1. The monoisotopic (exact) mass is 234 g/mol. The van der Waals surface area contributed by atoms with Crippen LogP contribution in [0, 0.1) is 0 Å². The van der Waals surface area contributed by atoms with Crippen molar-refractivity contribution in [3.8, 4) is 11.3 Å². The van der Waals surface area contributed by atoms with E-state index in [-0.39, 0.29) is 0 Å². The standard InChI is InChI=1S/C15H10N2O/c1-2-6-13-11(4-1)15-10(12-8-16-9-17-12)5-3-7-14(15)18-13/h1-9H,(H,16,17). The number of hydrogen-bond donors (Lipinski definition) is 1.